The topological polar surface area (TPSA) is 24.5 Å². The van der Waals surface area contributed by atoms with E-state index in [1.165, 1.54) is 8.45 Å². The molecule has 0 saturated carbocycles. The molecule has 0 aromatic carbocycles. The lowest BCUT2D eigenvalue weighted by Gasteiger charge is -2.29. The summed E-state index contributed by atoms with van der Waals surface area (Å²) >= 11 is 4.18. The molecule has 0 bridgehead atoms. The van der Waals surface area contributed by atoms with E-state index in [0.717, 1.165) is 39.4 Å². The number of nitrogens with zero attached hydrogens (tertiary/aromatic N) is 1. The third-order valence-corrected chi connectivity index (χ3v) is 4.75. The van der Waals surface area contributed by atoms with E-state index < -0.39 is 0 Å². The fourth-order valence-corrected chi connectivity index (χ4v) is 3.38. The van der Waals surface area contributed by atoms with E-state index in [9.17, 15) is 0 Å². The second-order valence-electron chi connectivity index (χ2n) is 4.45. The minimum absolute atomic E-state index is 0.533. The minimum atomic E-state index is 0.533. The molecule has 0 spiro atoms. The zero-order valence-corrected chi connectivity index (χ0v) is 13.1. The Kier molecular flexibility index (Phi) is 5.68. The van der Waals surface area contributed by atoms with Crippen molar-refractivity contribution in [1.29, 1.82) is 0 Å². The van der Waals surface area contributed by atoms with Crippen LogP contribution in [-0.2, 0) is 11.3 Å². The zero-order chi connectivity index (χ0) is 12.1. The van der Waals surface area contributed by atoms with Crippen LogP contribution in [0.4, 0.5) is 0 Å². The van der Waals surface area contributed by atoms with Gasteiger partial charge >= 0.3 is 0 Å². The third kappa shape index (κ3) is 4.82. The first-order chi connectivity index (χ1) is 8.24. The van der Waals surface area contributed by atoms with Crippen LogP contribution in [0.15, 0.2) is 11.4 Å². The van der Waals surface area contributed by atoms with Crippen LogP contribution in [0, 0.1) is 2.88 Å². The van der Waals surface area contributed by atoms with Gasteiger partial charge < -0.3 is 10.1 Å². The SMILES string of the molecule is CC(CN1CCOCC1)NCc1csc(I)c1. The molecule has 17 heavy (non-hydrogen) atoms. The number of rotatable bonds is 5. The summed E-state index contributed by atoms with van der Waals surface area (Å²) < 4.78 is 6.71. The van der Waals surface area contributed by atoms with E-state index in [-0.39, 0.29) is 0 Å². The smallest absolute Gasteiger partial charge is 0.0656 e. The summed E-state index contributed by atoms with van der Waals surface area (Å²) in [4.78, 5) is 2.47. The predicted octanol–water partition coefficient (Wildman–Crippen LogP) is 2.16. The first-order valence-corrected chi connectivity index (χ1v) is 7.96. The molecule has 1 unspecified atom stereocenters. The van der Waals surface area contributed by atoms with Crippen LogP contribution in [0.5, 0.6) is 0 Å². The van der Waals surface area contributed by atoms with Gasteiger partial charge in [-0.2, -0.15) is 0 Å². The largest absolute Gasteiger partial charge is 0.379 e. The van der Waals surface area contributed by atoms with Crippen LogP contribution in [0.1, 0.15) is 12.5 Å². The highest BCUT2D eigenvalue weighted by molar-refractivity contribution is 14.1. The molecule has 3 nitrogen and oxygen atoms in total. The molecular weight excluding hydrogens is 347 g/mol. The summed E-state index contributed by atoms with van der Waals surface area (Å²) in [5, 5.41) is 5.81. The Morgan fingerprint density at radius 1 is 1.53 bits per heavy atom. The van der Waals surface area contributed by atoms with Crippen LogP contribution in [-0.4, -0.2) is 43.8 Å². The van der Waals surface area contributed by atoms with Crippen molar-refractivity contribution in [2.24, 2.45) is 0 Å². The Labute approximate surface area is 121 Å². The minimum Gasteiger partial charge on any atom is -0.379 e. The van der Waals surface area contributed by atoms with Crippen molar-refractivity contribution in [2.45, 2.75) is 19.5 Å². The van der Waals surface area contributed by atoms with Crippen molar-refractivity contribution in [1.82, 2.24) is 10.2 Å². The van der Waals surface area contributed by atoms with Crippen LogP contribution >= 0.6 is 33.9 Å². The maximum atomic E-state index is 5.35. The Hall–Kier alpha value is 0.310. The summed E-state index contributed by atoms with van der Waals surface area (Å²) in [5.41, 5.74) is 1.40. The molecule has 0 aliphatic carbocycles. The molecule has 1 N–H and O–H groups in total. The van der Waals surface area contributed by atoms with Gasteiger partial charge in [-0.15, -0.1) is 11.3 Å². The van der Waals surface area contributed by atoms with E-state index in [0.29, 0.717) is 6.04 Å². The Bertz CT molecular complexity index is 339. The number of halogens is 1. The molecule has 1 aromatic heterocycles. The Balaban J connectivity index is 1.68. The zero-order valence-electron chi connectivity index (χ0n) is 10.1. The highest BCUT2D eigenvalue weighted by Crippen LogP contribution is 2.16. The van der Waals surface area contributed by atoms with Crippen LogP contribution in [0.2, 0.25) is 0 Å². The maximum absolute atomic E-state index is 5.35. The first-order valence-electron chi connectivity index (χ1n) is 6.00. The normalized spacial score (nSPS) is 19.4. The number of thiophene rings is 1. The Morgan fingerprint density at radius 2 is 2.29 bits per heavy atom. The van der Waals surface area contributed by atoms with Crippen molar-refractivity contribution in [2.75, 3.05) is 32.8 Å². The fraction of sp³-hybridized carbons (Fsp3) is 0.667. The predicted molar refractivity (Wildman–Crippen MR) is 80.6 cm³/mol. The van der Waals surface area contributed by atoms with E-state index in [1.807, 2.05) is 11.3 Å². The molecule has 5 heteroatoms. The number of hydrogen-bond donors (Lipinski definition) is 1. The van der Waals surface area contributed by atoms with E-state index in [4.69, 9.17) is 4.74 Å². The maximum Gasteiger partial charge on any atom is 0.0656 e. The van der Waals surface area contributed by atoms with Gasteiger partial charge in [-0.05, 0) is 46.5 Å². The number of morpholine rings is 1. The van der Waals surface area contributed by atoms with E-state index >= 15 is 0 Å². The summed E-state index contributed by atoms with van der Waals surface area (Å²) in [7, 11) is 0. The van der Waals surface area contributed by atoms with Crippen LogP contribution in [0.25, 0.3) is 0 Å². The van der Waals surface area contributed by atoms with Crippen LogP contribution < -0.4 is 5.32 Å². The molecule has 0 radical (unpaired) electrons. The van der Waals surface area contributed by atoms with Gasteiger partial charge in [0.2, 0.25) is 0 Å². The van der Waals surface area contributed by atoms with Crippen molar-refractivity contribution >= 4 is 33.9 Å². The average molecular weight is 366 g/mol. The molecule has 2 heterocycles. The highest BCUT2D eigenvalue weighted by atomic mass is 127. The standard InChI is InChI=1S/C12H19IN2OS/c1-10(8-15-2-4-16-5-3-15)14-7-11-6-12(13)17-9-11/h6,9-10,14H,2-5,7-8H2,1H3. The van der Waals surface area contributed by atoms with Crippen molar-refractivity contribution in [3.63, 3.8) is 0 Å². The van der Waals surface area contributed by atoms with Gasteiger partial charge in [-0.25, -0.2) is 0 Å². The van der Waals surface area contributed by atoms with Crippen molar-refractivity contribution in [3.05, 3.63) is 19.9 Å². The number of ether oxygens (including phenoxy) is 1. The lowest BCUT2D eigenvalue weighted by atomic mass is 10.2. The van der Waals surface area contributed by atoms with Gasteiger partial charge in [0.1, 0.15) is 0 Å². The molecular formula is C12H19IN2OS. The highest BCUT2D eigenvalue weighted by Gasteiger charge is 2.13. The first kappa shape index (κ1) is 13.7. The molecule has 1 atom stereocenters. The molecule has 1 aromatic rings. The van der Waals surface area contributed by atoms with Gasteiger partial charge in [0.05, 0.1) is 16.1 Å². The third-order valence-electron chi connectivity index (χ3n) is 2.91. The molecule has 2 rings (SSSR count). The average Bonchev–Trinajstić information content (AvgIpc) is 2.74. The van der Waals surface area contributed by atoms with E-state index in [1.54, 1.807) is 0 Å². The summed E-state index contributed by atoms with van der Waals surface area (Å²) in [5.74, 6) is 0. The second kappa shape index (κ2) is 7.04. The summed E-state index contributed by atoms with van der Waals surface area (Å²) in [6.07, 6.45) is 0. The van der Waals surface area contributed by atoms with Crippen molar-refractivity contribution in [3.8, 4) is 0 Å². The summed E-state index contributed by atoms with van der Waals surface area (Å²) in [6.45, 7) is 8.26. The molecule has 1 fully saturated rings. The molecule has 1 aliphatic heterocycles. The van der Waals surface area contributed by atoms with Crippen LogP contribution in [0.3, 0.4) is 0 Å². The van der Waals surface area contributed by atoms with Gasteiger partial charge in [-0.3, -0.25) is 4.90 Å². The molecule has 1 saturated heterocycles. The van der Waals surface area contributed by atoms with E-state index in [2.05, 4.69) is 51.2 Å². The Morgan fingerprint density at radius 3 is 2.94 bits per heavy atom. The quantitative estimate of drug-likeness (QED) is 0.809. The molecule has 0 amide bonds. The lowest BCUT2D eigenvalue weighted by Crippen LogP contribution is -2.44. The molecule has 1 aliphatic rings. The van der Waals surface area contributed by atoms with Gasteiger partial charge in [0.15, 0.2) is 0 Å². The van der Waals surface area contributed by atoms with Gasteiger partial charge in [0, 0.05) is 32.2 Å². The monoisotopic (exact) mass is 366 g/mol. The number of hydrogen-bond acceptors (Lipinski definition) is 4. The lowest BCUT2D eigenvalue weighted by molar-refractivity contribution is 0.0343. The second-order valence-corrected chi connectivity index (χ2v) is 7.26. The number of nitrogens with one attached hydrogen (secondary N) is 1. The summed E-state index contributed by atoms with van der Waals surface area (Å²) in [6, 6.07) is 2.78. The fourth-order valence-electron chi connectivity index (χ4n) is 1.97. The molecule has 96 valence electrons. The van der Waals surface area contributed by atoms with Gasteiger partial charge in [-0.1, -0.05) is 0 Å². The van der Waals surface area contributed by atoms with Crippen molar-refractivity contribution < 1.29 is 4.74 Å². The van der Waals surface area contributed by atoms with Gasteiger partial charge in [0.25, 0.3) is 0 Å².